The van der Waals surface area contributed by atoms with E-state index < -0.39 is 10.0 Å². The molecule has 0 bridgehead atoms. The largest absolute Gasteiger partial charge is 0.494 e. The molecule has 7 nitrogen and oxygen atoms in total. The van der Waals surface area contributed by atoms with Crippen LogP contribution in [0.2, 0.25) is 0 Å². The SMILES string of the molecule is CCS(=O)(=O)NCCCOc1ccc(CN2CCN(c3ccccn3)CC2)cc1. The molecule has 2 aromatic rings. The molecule has 0 saturated carbocycles. The van der Waals surface area contributed by atoms with Crippen LogP contribution >= 0.6 is 0 Å². The molecule has 158 valence electrons. The fraction of sp³-hybridized carbons (Fsp3) is 0.476. The van der Waals surface area contributed by atoms with Gasteiger partial charge in [-0.05, 0) is 43.2 Å². The molecule has 0 radical (unpaired) electrons. The Bertz CT molecular complexity index is 836. The number of benzene rings is 1. The molecule has 1 fully saturated rings. The normalized spacial score (nSPS) is 15.4. The predicted molar refractivity (Wildman–Crippen MR) is 116 cm³/mol. The maximum absolute atomic E-state index is 11.4. The molecule has 1 aromatic carbocycles. The van der Waals surface area contributed by atoms with Crippen molar-refractivity contribution in [3.63, 3.8) is 0 Å². The lowest BCUT2D eigenvalue weighted by Gasteiger charge is -2.35. The zero-order chi connectivity index (χ0) is 20.5. The number of hydrogen-bond donors (Lipinski definition) is 1. The number of sulfonamides is 1. The van der Waals surface area contributed by atoms with Crippen molar-refractivity contribution in [3.8, 4) is 5.75 Å². The average Bonchev–Trinajstić information content (AvgIpc) is 2.76. The number of pyridine rings is 1. The summed E-state index contributed by atoms with van der Waals surface area (Å²) < 4.78 is 31.0. The Balaban J connectivity index is 1.36. The Morgan fingerprint density at radius 3 is 2.48 bits per heavy atom. The first-order valence-electron chi connectivity index (χ1n) is 10.1. The molecule has 1 saturated heterocycles. The van der Waals surface area contributed by atoms with Crippen LogP contribution in [0.15, 0.2) is 48.7 Å². The third-order valence-corrected chi connectivity index (χ3v) is 6.37. The molecule has 2 heterocycles. The monoisotopic (exact) mass is 418 g/mol. The number of rotatable bonds is 10. The van der Waals surface area contributed by atoms with Crippen LogP contribution in [0.4, 0.5) is 5.82 Å². The standard InChI is InChI=1S/C21H30N4O3S/c1-2-29(26,27)23-12-5-17-28-20-9-7-19(8-10-20)18-24-13-15-25(16-14-24)21-6-3-4-11-22-21/h3-4,6-11,23H,2,5,12-18H2,1H3. The maximum atomic E-state index is 11.4. The fourth-order valence-electron chi connectivity index (χ4n) is 3.22. The molecule has 0 unspecified atom stereocenters. The second-order valence-corrected chi connectivity index (χ2v) is 9.19. The van der Waals surface area contributed by atoms with E-state index in [9.17, 15) is 8.42 Å². The van der Waals surface area contributed by atoms with Crippen LogP contribution < -0.4 is 14.4 Å². The second-order valence-electron chi connectivity index (χ2n) is 7.09. The van der Waals surface area contributed by atoms with Crippen molar-refractivity contribution >= 4 is 15.8 Å². The van der Waals surface area contributed by atoms with Gasteiger partial charge >= 0.3 is 0 Å². The van der Waals surface area contributed by atoms with Crippen molar-refractivity contribution in [1.82, 2.24) is 14.6 Å². The van der Waals surface area contributed by atoms with Gasteiger partial charge in [0.15, 0.2) is 0 Å². The van der Waals surface area contributed by atoms with Gasteiger partial charge < -0.3 is 9.64 Å². The zero-order valence-electron chi connectivity index (χ0n) is 17.0. The van der Waals surface area contributed by atoms with Crippen molar-refractivity contribution in [2.45, 2.75) is 19.9 Å². The summed E-state index contributed by atoms with van der Waals surface area (Å²) >= 11 is 0. The molecule has 29 heavy (non-hydrogen) atoms. The van der Waals surface area contributed by atoms with Crippen molar-refractivity contribution in [2.75, 3.05) is 50.0 Å². The minimum atomic E-state index is -3.12. The number of nitrogens with one attached hydrogen (secondary N) is 1. The molecule has 1 aliphatic heterocycles. The van der Waals surface area contributed by atoms with E-state index >= 15 is 0 Å². The number of piperazine rings is 1. The van der Waals surface area contributed by atoms with Crippen LogP contribution in [0.25, 0.3) is 0 Å². The Morgan fingerprint density at radius 2 is 1.83 bits per heavy atom. The van der Waals surface area contributed by atoms with Gasteiger partial charge in [0.05, 0.1) is 12.4 Å². The number of nitrogens with zero attached hydrogens (tertiary/aromatic N) is 3. The van der Waals surface area contributed by atoms with Crippen molar-refractivity contribution in [2.24, 2.45) is 0 Å². The van der Waals surface area contributed by atoms with Gasteiger partial charge in [-0.15, -0.1) is 0 Å². The van der Waals surface area contributed by atoms with Gasteiger partial charge in [0.2, 0.25) is 10.0 Å². The minimum absolute atomic E-state index is 0.105. The molecule has 1 aromatic heterocycles. The smallest absolute Gasteiger partial charge is 0.211 e. The summed E-state index contributed by atoms with van der Waals surface area (Å²) in [5, 5.41) is 0. The molecular formula is C21H30N4O3S. The van der Waals surface area contributed by atoms with Gasteiger partial charge in [0.25, 0.3) is 0 Å². The van der Waals surface area contributed by atoms with E-state index in [0.717, 1.165) is 44.3 Å². The summed E-state index contributed by atoms with van der Waals surface area (Å²) in [6.07, 6.45) is 2.48. The fourth-order valence-corrected chi connectivity index (χ4v) is 3.88. The Hall–Kier alpha value is -2.16. The third-order valence-electron chi connectivity index (χ3n) is 4.97. The predicted octanol–water partition coefficient (Wildman–Crippen LogP) is 2.11. The number of ether oxygens (including phenoxy) is 1. The highest BCUT2D eigenvalue weighted by molar-refractivity contribution is 7.89. The average molecular weight is 419 g/mol. The number of anilines is 1. The van der Waals surface area contributed by atoms with Gasteiger partial charge in [0, 0.05) is 45.5 Å². The lowest BCUT2D eigenvalue weighted by Crippen LogP contribution is -2.46. The summed E-state index contributed by atoms with van der Waals surface area (Å²) in [4.78, 5) is 9.21. The van der Waals surface area contributed by atoms with E-state index in [4.69, 9.17) is 4.74 Å². The summed E-state index contributed by atoms with van der Waals surface area (Å²) in [6.45, 7) is 7.45. The molecule has 0 amide bonds. The lowest BCUT2D eigenvalue weighted by molar-refractivity contribution is 0.249. The summed E-state index contributed by atoms with van der Waals surface area (Å²) in [7, 11) is -3.12. The lowest BCUT2D eigenvalue weighted by atomic mass is 10.2. The maximum Gasteiger partial charge on any atom is 0.211 e. The molecule has 8 heteroatoms. The van der Waals surface area contributed by atoms with Gasteiger partial charge in [-0.3, -0.25) is 4.90 Å². The highest BCUT2D eigenvalue weighted by atomic mass is 32.2. The van der Waals surface area contributed by atoms with E-state index in [-0.39, 0.29) is 5.75 Å². The molecule has 0 atom stereocenters. The topological polar surface area (TPSA) is 74.8 Å². The summed E-state index contributed by atoms with van der Waals surface area (Å²) in [5.41, 5.74) is 1.26. The third kappa shape index (κ3) is 6.99. The van der Waals surface area contributed by atoms with Gasteiger partial charge in [0.1, 0.15) is 11.6 Å². The molecule has 0 aliphatic carbocycles. The quantitative estimate of drug-likeness (QED) is 0.596. The van der Waals surface area contributed by atoms with Crippen molar-refractivity contribution < 1.29 is 13.2 Å². The van der Waals surface area contributed by atoms with Crippen molar-refractivity contribution in [1.29, 1.82) is 0 Å². The van der Waals surface area contributed by atoms with Crippen LogP contribution in [-0.4, -0.2) is 63.4 Å². The number of aromatic nitrogens is 1. The molecule has 0 spiro atoms. The summed E-state index contributed by atoms with van der Waals surface area (Å²) in [5.74, 6) is 1.97. The Kier molecular flexibility index (Phi) is 7.85. The highest BCUT2D eigenvalue weighted by Gasteiger charge is 2.17. The first-order valence-corrected chi connectivity index (χ1v) is 11.8. The van der Waals surface area contributed by atoms with Crippen LogP contribution in [0, 0.1) is 0 Å². The first-order chi connectivity index (χ1) is 14.1. The van der Waals surface area contributed by atoms with Crippen LogP contribution in [-0.2, 0) is 16.6 Å². The Labute approximate surface area is 173 Å². The molecule has 3 rings (SSSR count). The molecular weight excluding hydrogens is 388 g/mol. The Morgan fingerprint density at radius 1 is 1.07 bits per heavy atom. The van der Waals surface area contributed by atoms with Crippen molar-refractivity contribution in [3.05, 3.63) is 54.2 Å². The molecule has 1 aliphatic rings. The van der Waals surface area contributed by atoms with E-state index in [2.05, 4.69) is 37.7 Å². The van der Waals surface area contributed by atoms with Crippen LogP contribution in [0.5, 0.6) is 5.75 Å². The molecule has 1 N–H and O–H groups in total. The summed E-state index contributed by atoms with van der Waals surface area (Å²) in [6, 6.07) is 14.2. The second kappa shape index (κ2) is 10.6. The highest BCUT2D eigenvalue weighted by Crippen LogP contribution is 2.17. The first kappa shape index (κ1) is 21.5. The number of hydrogen-bond acceptors (Lipinski definition) is 6. The van der Waals surface area contributed by atoms with Crippen LogP contribution in [0.3, 0.4) is 0 Å². The van der Waals surface area contributed by atoms with Crippen LogP contribution in [0.1, 0.15) is 18.9 Å². The van der Waals surface area contributed by atoms with Gasteiger partial charge in [-0.25, -0.2) is 18.1 Å². The zero-order valence-corrected chi connectivity index (χ0v) is 17.8. The van der Waals surface area contributed by atoms with E-state index in [1.807, 2.05) is 30.5 Å². The van der Waals surface area contributed by atoms with E-state index in [1.165, 1.54) is 5.56 Å². The van der Waals surface area contributed by atoms with Gasteiger partial charge in [-0.1, -0.05) is 18.2 Å². The van der Waals surface area contributed by atoms with Gasteiger partial charge in [-0.2, -0.15) is 0 Å². The minimum Gasteiger partial charge on any atom is -0.494 e. The van der Waals surface area contributed by atoms with E-state index in [1.54, 1.807) is 6.92 Å². The van der Waals surface area contributed by atoms with E-state index in [0.29, 0.717) is 19.6 Å².